The second-order valence-electron chi connectivity index (χ2n) is 6.52. The molecule has 1 saturated carbocycles. The molecule has 0 aliphatic heterocycles. The summed E-state index contributed by atoms with van der Waals surface area (Å²) < 4.78 is 0. The van der Waals surface area contributed by atoms with Gasteiger partial charge in [-0.05, 0) is 48.9 Å². The maximum absolute atomic E-state index is 10.8. The van der Waals surface area contributed by atoms with Crippen LogP contribution in [0.1, 0.15) is 68.6 Å². The third-order valence-electron chi connectivity index (χ3n) is 5.05. The molecule has 2 N–H and O–H groups in total. The van der Waals surface area contributed by atoms with Crippen molar-refractivity contribution in [1.82, 2.24) is 0 Å². The Morgan fingerprint density at radius 2 is 1.91 bits per heavy atom. The van der Waals surface area contributed by atoms with E-state index in [1.54, 1.807) is 12.1 Å². The van der Waals surface area contributed by atoms with Crippen molar-refractivity contribution < 1.29 is 9.90 Å². The first-order chi connectivity index (χ1) is 10.7. The molecule has 1 atom stereocenters. The SMILES string of the molecule is CCC(CCCNc1ccc(C(=O)O)cc1)C1CCCCC1. The van der Waals surface area contributed by atoms with Crippen LogP contribution in [0.5, 0.6) is 0 Å². The molecule has 0 heterocycles. The van der Waals surface area contributed by atoms with Crippen molar-refractivity contribution in [3.63, 3.8) is 0 Å². The minimum atomic E-state index is -0.871. The summed E-state index contributed by atoms with van der Waals surface area (Å²) in [5.41, 5.74) is 1.35. The first-order valence-corrected chi connectivity index (χ1v) is 8.78. The van der Waals surface area contributed by atoms with E-state index in [1.807, 2.05) is 12.1 Å². The lowest BCUT2D eigenvalue weighted by atomic mass is 9.77. The number of carboxylic acids is 1. The molecule has 3 nitrogen and oxygen atoms in total. The van der Waals surface area contributed by atoms with Crippen molar-refractivity contribution >= 4 is 11.7 Å². The van der Waals surface area contributed by atoms with Gasteiger partial charge in [0.25, 0.3) is 0 Å². The van der Waals surface area contributed by atoms with E-state index in [1.165, 1.54) is 51.4 Å². The van der Waals surface area contributed by atoms with E-state index >= 15 is 0 Å². The summed E-state index contributed by atoms with van der Waals surface area (Å²) in [6, 6.07) is 7.01. The van der Waals surface area contributed by atoms with E-state index in [0.717, 1.165) is 24.1 Å². The van der Waals surface area contributed by atoms with E-state index in [4.69, 9.17) is 5.11 Å². The fourth-order valence-corrected chi connectivity index (χ4v) is 3.71. The Morgan fingerprint density at radius 3 is 2.50 bits per heavy atom. The maximum atomic E-state index is 10.8. The smallest absolute Gasteiger partial charge is 0.335 e. The first-order valence-electron chi connectivity index (χ1n) is 8.78. The van der Waals surface area contributed by atoms with Crippen LogP contribution < -0.4 is 5.32 Å². The number of hydrogen-bond donors (Lipinski definition) is 2. The van der Waals surface area contributed by atoms with Gasteiger partial charge in [-0.15, -0.1) is 0 Å². The second kappa shape index (κ2) is 8.82. The molecule has 0 aromatic heterocycles. The Balaban J connectivity index is 1.70. The number of rotatable bonds is 8. The van der Waals surface area contributed by atoms with Crippen molar-refractivity contribution in [2.24, 2.45) is 11.8 Å². The molecule has 0 saturated heterocycles. The van der Waals surface area contributed by atoms with Gasteiger partial charge >= 0.3 is 5.97 Å². The summed E-state index contributed by atoms with van der Waals surface area (Å²) in [5, 5.41) is 12.3. The van der Waals surface area contributed by atoms with Crippen molar-refractivity contribution in [2.45, 2.75) is 58.3 Å². The number of benzene rings is 1. The van der Waals surface area contributed by atoms with Crippen LogP contribution in [0.25, 0.3) is 0 Å². The Bertz CT molecular complexity index is 449. The second-order valence-corrected chi connectivity index (χ2v) is 6.52. The average Bonchev–Trinajstić information content (AvgIpc) is 2.56. The van der Waals surface area contributed by atoms with Crippen LogP contribution in [-0.4, -0.2) is 17.6 Å². The Labute approximate surface area is 134 Å². The topological polar surface area (TPSA) is 49.3 Å². The highest BCUT2D eigenvalue weighted by Crippen LogP contribution is 2.34. The van der Waals surface area contributed by atoms with Crippen LogP contribution in [0.2, 0.25) is 0 Å². The fourth-order valence-electron chi connectivity index (χ4n) is 3.71. The van der Waals surface area contributed by atoms with Gasteiger partial charge in [0.1, 0.15) is 0 Å². The molecule has 1 aromatic carbocycles. The molecule has 1 aliphatic carbocycles. The number of carboxylic acid groups (broad SMARTS) is 1. The largest absolute Gasteiger partial charge is 0.478 e. The summed E-state index contributed by atoms with van der Waals surface area (Å²) in [6.07, 6.45) is 11.0. The van der Waals surface area contributed by atoms with Gasteiger partial charge in [-0.1, -0.05) is 45.4 Å². The molecule has 1 unspecified atom stereocenters. The number of carbonyl (C=O) groups is 1. The Morgan fingerprint density at radius 1 is 1.23 bits per heavy atom. The Hall–Kier alpha value is -1.51. The molecule has 1 aliphatic rings. The number of hydrogen-bond acceptors (Lipinski definition) is 2. The zero-order valence-electron chi connectivity index (χ0n) is 13.7. The van der Waals surface area contributed by atoms with Gasteiger partial charge in [0, 0.05) is 12.2 Å². The van der Waals surface area contributed by atoms with Crippen molar-refractivity contribution in [2.75, 3.05) is 11.9 Å². The van der Waals surface area contributed by atoms with E-state index in [-0.39, 0.29) is 0 Å². The zero-order chi connectivity index (χ0) is 15.8. The molecule has 0 radical (unpaired) electrons. The minimum absolute atomic E-state index is 0.342. The van der Waals surface area contributed by atoms with Gasteiger partial charge in [0.05, 0.1) is 5.56 Å². The summed E-state index contributed by atoms with van der Waals surface area (Å²) >= 11 is 0. The lowest BCUT2D eigenvalue weighted by Gasteiger charge is -2.29. The predicted molar refractivity (Wildman–Crippen MR) is 91.5 cm³/mol. The molecule has 0 bridgehead atoms. The summed E-state index contributed by atoms with van der Waals surface area (Å²) in [6.45, 7) is 3.30. The standard InChI is InChI=1S/C19H29NO2/c1-2-15(16-7-4-3-5-8-16)9-6-14-20-18-12-10-17(11-13-18)19(21)22/h10-13,15-16,20H,2-9,14H2,1H3,(H,21,22). The van der Waals surface area contributed by atoms with Crippen LogP contribution in [0.4, 0.5) is 5.69 Å². The molecular formula is C19H29NO2. The van der Waals surface area contributed by atoms with Crippen LogP contribution in [0.15, 0.2) is 24.3 Å². The van der Waals surface area contributed by atoms with Crippen molar-refractivity contribution in [3.05, 3.63) is 29.8 Å². The van der Waals surface area contributed by atoms with Gasteiger partial charge < -0.3 is 10.4 Å². The lowest BCUT2D eigenvalue weighted by molar-refractivity contribution is 0.0697. The highest BCUT2D eigenvalue weighted by molar-refractivity contribution is 5.87. The molecule has 0 amide bonds. The molecule has 3 heteroatoms. The molecule has 0 spiro atoms. The third-order valence-corrected chi connectivity index (χ3v) is 5.05. The summed E-state index contributed by atoms with van der Waals surface area (Å²) in [5.74, 6) is 0.968. The number of nitrogens with one attached hydrogen (secondary N) is 1. The van der Waals surface area contributed by atoms with E-state index in [2.05, 4.69) is 12.2 Å². The maximum Gasteiger partial charge on any atom is 0.335 e. The van der Waals surface area contributed by atoms with Gasteiger partial charge in [0.2, 0.25) is 0 Å². The third kappa shape index (κ3) is 5.04. The fraction of sp³-hybridized carbons (Fsp3) is 0.632. The van der Waals surface area contributed by atoms with E-state index in [0.29, 0.717) is 5.56 Å². The lowest BCUT2D eigenvalue weighted by Crippen LogP contribution is -2.18. The Kier molecular flexibility index (Phi) is 6.75. The zero-order valence-corrected chi connectivity index (χ0v) is 13.7. The number of anilines is 1. The molecular weight excluding hydrogens is 274 g/mol. The molecule has 2 rings (SSSR count). The van der Waals surface area contributed by atoms with E-state index < -0.39 is 5.97 Å². The van der Waals surface area contributed by atoms with Crippen LogP contribution >= 0.6 is 0 Å². The van der Waals surface area contributed by atoms with Crippen LogP contribution in [0, 0.1) is 11.8 Å². The van der Waals surface area contributed by atoms with Gasteiger partial charge in [-0.3, -0.25) is 0 Å². The highest BCUT2D eigenvalue weighted by atomic mass is 16.4. The summed E-state index contributed by atoms with van der Waals surface area (Å²) in [4.78, 5) is 10.8. The highest BCUT2D eigenvalue weighted by Gasteiger charge is 2.21. The van der Waals surface area contributed by atoms with E-state index in [9.17, 15) is 4.79 Å². The van der Waals surface area contributed by atoms with Crippen LogP contribution in [0.3, 0.4) is 0 Å². The molecule has 1 fully saturated rings. The molecule has 22 heavy (non-hydrogen) atoms. The van der Waals surface area contributed by atoms with Crippen molar-refractivity contribution in [3.8, 4) is 0 Å². The van der Waals surface area contributed by atoms with Gasteiger partial charge in [0.15, 0.2) is 0 Å². The first kappa shape index (κ1) is 16.9. The average molecular weight is 303 g/mol. The summed E-state index contributed by atoms with van der Waals surface area (Å²) in [7, 11) is 0. The quantitative estimate of drug-likeness (QED) is 0.650. The number of aromatic carboxylic acids is 1. The molecule has 1 aromatic rings. The normalized spacial score (nSPS) is 17.1. The monoisotopic (exact) mass is 303 g/mol. The minimum Gasteiger partial charge on any atom is -0.478 e. The van der Waals surface area contributed by atoms with Crippen molar-refractivity contribution in [1.29, 1.82) is 0 Å². The molecule has 122 valence electrons. The van der Waals surface area contributed by atoms with Gasteiger partial charge in [-0.2, -0.15) is 0 Å². The van der Waals surface area contributed by atoms with Crippen LogP contribution in [-0.2, 0) is 0 Å². The van der Waals surface area contributed by atoms with Gasteiger partial charge in [-0.25, -0.2) is 4.79 Å². The predicted octanol–water partition coefficient (Wildman–Crippen LogP) is 5.18.